The third-order valence-electron chi connectivity index (χ3n) is 3.75. The summed E-state index contributed by atoms with van der Waals surface area (Å²) in [7, 11) is 0. The lowest BCUT2D eigenvalue weighted by Crippen LogP contribution is -2.48. The number of pyridine rings is 1. The number of hydrogen-bond donors (Lipinski definition) is 3. The number of aromatic nitrogens is 1. The lowest BCUT2D eigenvalue weighted by Gasteiger charge is -2.32. The molecule has 1 aromatic rings. The van der Waals surface area contributed by atoms with Gasteiger partial charge in [0.25, 0.3) is 0 Å². The molecule has 1 unspecified atom stereocenters. The highest BCUT2D eigenvalue weighted by atomic mass is 35.5. The van der Waals surface area contributed by atoms with Crippen molar-refractivity contribution in [1.29, 1.82) is 0 Å². The quantitative estimate of drug-likeness (QED) is 0.644. The topological polar surface area (TPSA) is 117 Å². The van der Waals surface area contributed by atoms with E-state index in [4.69, 9.17) is 17.3 Å². The predicted octanol–water partition coefficient (Wildman–Crippen LogP) is 0.831. The van der Waals surface area contributed by atoms with Crippen molar-refractivity contribution in [2.45, 2.75) is 12.8 Å². The number of rotatable bonds is 5. The normalized spacial score (nSPS) is 15.9. The molecule has 26 heavy (non-hydrogen) atoms. The number of carbonyl (C=O) groups excluding carboxylic acids is 3. The minimum absolute atomic E-state index is 0. The van der Waals surface area contributed by atoms with Crippen molar-refractivity contribution < 1.29 is 14.4 Å². The van der Waals surface area contributed by atoms with Crippen LogP contribution in [0.5, 0.6) is 0 Å². The summed E-state index contributed by atoms with van der Waals surface area (Å²) in [6.07, 6.45) is 2.87. The first-order valence-electron chi connectivity index (χ1n) is 7.66. The van der Waals surface area contributed by atoms with E-state index in [0.717, 1.165) is 6.42 Å². The Morgan fingerprint density at radius 3 is 2.65 bits per heavy atom. The Labute approximate surface area is 169 Å². The van der Waals surface area contributed by atoms with Crippen LogP contribution in [0.25, 0.3) is 0 Å². The number of nitrogens with two attached hydrogens (primary N) is 1. The Morgan fingerprint density at radius 2 is 2.04 bits per heavy atom. The SMILES string of the molecule is Cl.Cl.NCC(=O)NCC(=O)N1CCCC(C(=O)Nc2ccc(Cl)cn2)C1. The number of carbonyl (C=O) groups is 3. The van der Waals surface area contributed by atoms with Crippen molar-refractivity contribution in [3.05, 3.63) is 23.4 Å². The van der Waals surface area contributed by atoms with Gasteiger partial charge in [-0.3, -0.25) is 14.4 Å². The first-order valence-corrected chi connectivity index (χ1v) is 8.04. The van der Waals surface area contributed by atoms with Gasteiger partial charge in [0.1, 0.15) is 5.82 Å². The third-order valence-corrected chi connectivity index (χ3v) is 3.97. The zero-order chi connectivity index (χ0) is 17.5. The molecule has 8 nitrogen and oxygen atoms in total. The van der Waals surface area contributed by atoms with Gasteiger partial charge >= 0.3 is 0 Å². The maximum atomic E-state index is 12.3. The predicted molar refractivity (Wildman–Crippen MR) is 104 cm³/mol. The number of amides is 3. The molecule has 4 N–H and O–H groups in total. The first kappa shape index (κ1) is 24.4. The maximum Gasteiger partial charge on any atom is 0.241 e. The van der Waals surface area contributed by atoms with Gasteiger partial charge in [-0.2, -0.15) is 0 Å². The van der Waals surface area contributed by atoms with E-state index in [1.165, 1.54) is 6.20 Å². The molecule has 1 aliphatic rings. The van der Waals surface area contributed by atoms with Gasteiger partial charge in [0.2, 0.25) is 17.7 Å². The van der Waals surface area contributed by atoms with Gasteiger partial charge in [0.05, 0.1) is 24.0 Å². The van der Waals surface area contributed by atoms with Crippen LogP contribution in [0, 0.1) is 5.92 Å². The van der Waals surface area contributed by atoms with E-state index in [1.807, 2.05) is 0 Å². The molecule has 1 fully saturated rings. The third kappa shape index (κ3) is 7.33. The number of piperidine rings is 1. The molecule has 0 bridgehead atoms. The average Bonchev–Trinajstić information content (AvgIpc) is 2.61. The van der Waals surface area contributed by atoms with Crippen LogP contribution in [0.4, 0.5) is 5.82 Å². The number of halogens is 3. The van der Waals surface area contributed by atoms with Crippen LogP contribution in [0.1, 0.15) is 12.8 Å². The molecule has 2 heterocycles. The van der Waals surface area contributed by atoms with Gasteiger partial charge in [-0.1, -0.05) is 11.6 Å². The Kier molecular flexibility index (Phi) is 11.2. The van der Waals surface area contributed by atoms with Crippen LogP contribution in [0.15, 0.2) is 18.3 Å². The Morgan fingerprint density at radius 1 is 1.31 bits per heavy atom. The highest BCUT2D eigenvalue weighted by molar-refractivity contribution is 6.30. The molecular formula is C15H22Cl3N5O3. The smallest absolute Gasteiger partial charge is 0.241 e. The number of anilines is 1. The Bertz CT molecular complexity index is 615. The number of likely N-dealkylation sites (tertiary alicyclic amines) is 1. The van der Waals surface area contributed by atoms with Crippen LogP contribution in [0.2, 0.25) is 5.02 Å². The highest BCUT2D eigenvalue weighted by Crippen LogP contribution is 2.19. The van der Waals surface area contributed by atoms with Gasteiger partial charge in [-0.25, -0.2) is 4.98 Å². The number of hydrogen-bond acceptors (Lipinski definition) is 5. The number of nitrogens with zero attached hydrogens (tertiary/aromatic N) is 2. The minimum Gasteiger partial charge on any atom is -0.346 e. The molecule has 3 amide bonds. The van der Waals surface area contributed by atoms with Gasteiger partial charge in [-0.05, 0) is 25.0 Å². The maximum absolute atomic E-state index is 12.3. The van der Waals surface area contributed by atoms with Crippen LogP contribution in [0.3, 0.4) is 0 Å². The summed E-state index contributed by atoms with van der Waals surface area (Å²) in [5, 5.41) is 5.65. The molecule has 1 saturated heterocycles. The molecule has 146 valence electrons. The van der Waals surface area contributed by atoms with Crippen molar-refractivity contribution in [3.63, 3.8) is 0 Å². The molecule has 1 aliphatic heterocycles. The summed E-state index contributed by atoms with van der Waals surface area (Å²) >= 11 is 5.76. The minimum atomic E-state index is -0.386. The second-order valence-corrected chi connectivity index (χ2v) is 5.95. The first-order chi connectivity index (χ1) is 11.5. The average molecular weight is 427 g/mol. The van der Waals surface area contributed by atoms with Crippen molar-refractivity contribution in [1.82, 2.24) is 15.2 Å². The van der Waals surface area contributed by atoms with E-state index >= 15 is 0 Å². The largest absolute Gasteiger partial charge is 0.346 e. The highest BCUT2D eigenvalue weighted by Gasteiger charge is 2.28. The molecule has 11 heteroatoms. The van der Waals surface area contributed by atoms with E-state index < -0.39 is 0 Å². The zero-order valence-electron chi connectivity index (χ0n) is 13.9. The summed E-state index contributed by atoms with van der Waals surface area (Å²) in [5.41, 5.74) is 5.18. The molecule has 0 radical (unpaired) electrons. The van der Waals surface area contributed by atoms with Crippen molar-refractivity contribution in [2.24, 2.45) is 11.7 Å². The summed E-state index contributed by atoms with van der Waals surface area (Å²) in [6.45, 7) is 0.618. The summed E-state index contributed by atoms with van der Waals surface area (Å²) in [6, 6.07) is 3.26. The second kappa shape index (κ2) is 11.9. The van der Waals surface area contributed by atoms with Gasteiger partial charge < -0.3 is 21.3 Å². The molecular weight excluding hydrogens is 405 g/mol. The van der Waals surface area contributed by atoms with Gasteiger partial charge in [0.15, 0.2) is 0 Å². The second-order valence-electron chi connectivity index (χ2n) is 5.51. The fourth-order valence-corrected chi connectivity index (χ4v) is 2.57. The van der Waals surface area contributed by atoms with Crippen LogP contribution in [-0.4, -0.2) is 53.8 Å². The summed E-state index contributed by atoms with van der Waals surface area (Å²) in [4.78, 5) is 41.1. The van der Waals surface area contributed by atoms with Crippen molar-refractivity contribution in [3.8, 4) is 0 Å². The molecule has 1 aromatic heterocycles. The Hall–Kier alpha value is -1.61. The molecule has 0 aliphatic carbocycles. The fourth-order valence-electron chi connectivity index (χ4n) is 2.45. The van der Waals surface area contributed by atoms with Crippen LogP contribution >= 0.6 is 36.4 Å². The van der Waals surface area contributed by atoms with Crippen molar-refractivity contribution >= 4 is 60.0 Å². The summed E-state index contributed by atoms with van der Waals surface area (Å²) in [5.74, 6) is -0.691. The molecule has 0 aromatic carbocycles. The van der Waals surface area contributed by atoms with E-state index in [1.54, 1.807) is 17.0 Å². The van der Waals surface area contributed by atoms with E-state index in [2.05, 4.69) is 15.6 Å². The standard InChI is InChI=1S/C15H20ClN5O3.2ClH/c16-11-3-4-12(18-7-11)20-15(24)10-2-1-5-21(9-10)14(23)8-19-13(22)6-17;;/h3-4,7,10H,1-2,5-6,8-9,17H2,(H,19,22)(H,18,20,24);2*1H. The molecule has 0 spiro atoms. The zero-order valence-corrected chi connectivity index (χ0v) is 16.3. The number of nitrogens with one attached hydrogen (secondary N) is 2. The molecule has 0 saturated carbocycles. The fraction of sp³-hybridized carbons (Fsp3) is 0.467. The monoisotopic (exact) mass is 425 g/mol. The van der Waals surface area contributed by atoms with E-state index in [9.17, 15) is 14.4 Å². The lowest BCUT2D eigenvalue weighted by atomic mass is 9.97. The van der Waals surface area contributed by atoms with E-state index in [0.29, 0.717) is 30.4 Å². The van der Waals surface area contributed by atoms with E-state index in [-0.39, 0.29) is 61.5 Å². The van der Waals surface area contributed by atoms with Crippen LogP contribution < -0.4 is 16.4 Å². The van der Waals surface area contributed by atoms with Crippen LogP contribution in [-0.2, 0) is 14.4 Å². The summed E-state index contributed by atoms with van der Waals surface area (Å²) < 4.78 is 0. The lowest BCUT2D eigenvalue weighted by molar-refractivity contribution is -0.135. The Balaban J connectivity index is 0.00000312. The molecule has 2 rings (SSSR count). The van der Waals surface area contributed by atoms with Gasteiger partial charge in [-0.15, -0.1) is 24.8 Å². The van der Waals surface area contributed by atoms with Gasteiger partial charge in [0, 0.05) is 19.3 Å². The molecule has 1 atom stereocenters. The van der Waals surface area contributed by atoms with Crippen molar-refractivity contribution in [2.75, 3.05) is 31.5 Å².